The second kappa shape index (κ2) is 10.2. The molecule has 8 heteroatoms. The monoisotopic (exact) mass is 466 g/mol. The molecular formula is C25H30N4O3S. The Bertz CT molecular complexity index is 1160. The minimum atomic E-state index is -0.439. The highest BCUT2D eigenvalue weighted by Crippen LogP contribution is 2.36. The van der Waals surface area contributed by atoms with Crippen molar-refractivity contribution < 1.29 is 9.53 Å². The lowest BCUT2D eigenvalue weighted by molar-refractivity contribution is 0.102. The van der Waals surface area contributed by atoms with Gasteiger partial charge in [0.15, 0.2) is 5.13 Å². The molecule has 1 saturated carbocycles. The Morgan fingerprint density at radius 1 is 1.21 bits per heavy atom. The molecule has 1 aliphatic rings. The van der Waals surface area contributed by atoms with Gasteiger partial charge in [-0.1, -0.05) is 30.6 Å². The van der Waals surface area contributed by atoms with E-state index in [2.05, 4.69) is 15.3 Å². The maximum atomic E-state index is 13.3. The molecule has 0 saturated heterocycles. The summed E-state index contributed by atoms with van der Waals surface area (Å²) in [5, 5.41) is 3.69. The fraction of sp³-hybridized carbons (Fsp3) is 0.400. The van der Waals surface area contributed by atoms with Crippen LogP contribution in [0.5, 0.6) is 5.75 Å². The highest BCUT2D eigenvalue weighted by molar-refractivity contribution is 7.18. The van der Waals surface area contributed by atoms with E-state index >= 15 is 0 Å². The van der Waals surface area contributed by atoms with Gasteiger partial charge in [0.2, 0.25) is 0 Å². The van der Waals surface area contributed by atoms with Crippen LogP contribution in [0.3, 0.4) is 0 Å². The average Bonchev–Trinajstić information content (AvgIpc) is 3.31. The predicted octanol–water partition coefficient (Wildman–Crippen LogP) is 5.26. The summed E-state index contributed by atoms with van der Waals surface area (Å²) in [5.41, 5.74) is 1.89. The van der Waals surface area contributed by atoms with Crippen molar-refractivity contribution in [2.45, 2.75) is 44.9 Å². The molecule has 2 aromatic heterocycles. The Morgan fingerprint density at radius 3 is 2.58 bits per heavy atom. The van der Waals surface area contributed by atoms with E-state index in [1.807, 2.05) is 32.0 Å². The third kappa shape index (κ3) is 5.27. The highest BCUT2D eigenvalue weighted by Gasteiger charge is 2.24. The number of aromatic amines is 1. The first-order valence-electron chi connectivity index (χ1n) is 11.4. The van der Waals surface area contributed by atoms with E-state index in [-0.39, 0.29) is 11.1 Å². The van der Waals surface area contributed by atoms with Crippen molar-refractivity contribution in [1.29, 1.82) is 0 Å². The van der Waals surface area contributed by atoms with E-state index in [4.69, 9.17) is 4.74 Å². The largest absolute Gasteiger partial charge is 0.494 e. The van der Waals surface area contributed by atoms with Crippen LogP contribution in [0.2, 0.25) is 0 Å². The molecule has 4 rings (SSSR count). The quantitative estimate of drug-likeness (QED) is 0.496. The van der Waals surface area contributed by atoms with Gasteiger partial charge in [0, 0.05) is 37.2 Å². The van der Waals surface area contributed by atoms with Gasteiger partial charge in [-0.3, -0.25) is 9.59 Å². The van der Waals surface area contributed by atoms with E-state index in [0.29, 0.717) is 23.8 Å². The summed E-state index contributed by atoms with van der Waals surface area (Å²) < 4.78 is 5.46. The van der Waals surface area contributed by atoms with Gasteiger partial charge in [0.25, 0.3) is 11.5 Å². The summed E-state index contributed by atoms with van der Waals surface area (Å²) in [6.07, 6.45) is 7.41. The summed E-state index contributed by atoms with van der Waals surface area (Å²) >= 11 is 1.47. The number of benzene rings is 1. The lowest BCUT2D eigenvalue weighted by Crippen LogP contribution is -2.26. The summed E-state index contributed by atoms with van der Waals surface area (Å²) in [6.45, 7) is 2.49. The molecule has 0 spiro atoms. The molecule has 1 aliphatic carbocycles. The number of pyridine rings is 1. The van der Waals surface area contributed by atoms with Gasteiger partial charge in [-0.15, -0.1) is 0 Å². The van der Waals surface area contributed by atoms with Crippen LogP contribution in [0.15, 0.2) is 41.3 Å². The Labute approximate surface area is 197 Å². The first-order valence-corrected chi connectivity index (χ1v) is 12.2. The number of carbonyl (C=O) groups is 1. The van der Waals surface area contributed by atoms with Gasteiger partial charge in [-0.25, -0.2) is 4.98 Å². The predicted molar refractivity (Wildman–Crippen MR) is 134 cm³/mol. The molecule has 3 aromatic rings. The molecule has 33 heavy (non-hydrogen) atoms. The lowest BCUT2D eigenvalue weighted by atomic mass is 9.86. The van der Waals surface area contributed by atoms with E-state index < -0.39 is 5.91 Å². The Kier molecular flexibility index (Phi) is 7.13. The highest BCUT2D eigenvalue weighted by atomic mass is 32.1. The van der Waals surface area contributed by atoms with Crippen LogP contribution >= 0.6 is 11.3 Å². The Hall–Kier alpha value is -3.13. The van der Waals surface area contributed by atoms with Crippen molar-refractivity contribution in [2.75, 3.05) is 30.9 Å². The van der Waals surface area contributed by atoms with Crippen LogP contribution in [-0.4, -0.2) is 36.6 Å². The van der Waals surface area contributed by atoms with Crippen LogP contribution in [0.4, 0.5) is 10.8 Å². The zero-order chi connectivity index (χ0) is 23.4. The number of carbonyl (C=O) groups excluding carboxylic acids is 1. The number of ether oxygens (including phenoxy) is 1. The van der Waals surface area contributed by atoms with E-state index in [0.717, 1.165) is 47.1 Å². The molecule has 0 radical (unpaired) electrons. The van der Waals surface area contributed by atoms with Crippen LogP contribution in [0, 0.1) is 0 Å². The first-order chi connectivity index (χ1) is 16.0. The van der Waals surface area contributed by atoms with Gasteiger partial charge in [-0.2, -0.15) is 0 Å². The molecular weight excluding hydrogens is 436 g/mol. The van der Waals surface area contributed by atoms with Crippen molar-refractivity contribution in [3.8, 4) is 16.2 Å². The van der Waals surface area contributed by atoms with Crippen molar-refractivity contribution in [1.82, 2.24) is 9.97 Å². The molecule has 7 nitrogen and oxygen atoms in total. The minimum absolute atomic E-state index is 0.109. The first kappa shape index (κ1) is 23.0. The van der Waals surface area contributed by atoms with Gasteiger partial charge >= 0.3 is 0 Å². The van der Waals surface area contributed by atoms with Crippen LogP contribution in [0.25, 0.3) is 10.4 Å². The second-order valence-electron chi connectivity index (χ2n) is 8.49. The Morgan fingerprint density at radius 2 is 1.94 bits per heavy atom. The number of nitrogens with zero attached hydrogens (tertiary/aromatic N) is 2. The maximum Gasteiger partial charge on any atom is 0.261 e. The number of H-pyrrole nitrogens is 1. The lowest BCUT2D eigenvalue weighted by Gasteiger charge is -2.22. The molecule has 174 valence electrons. The molecule has 0 bridgehead atoms. The molecule has 0 unspecified atom stereocenters. The number of anilines is 2. The molecule has 1 amide bonds. The fourth-order valence-corrected chi connectivity index (χ4v) is 5.08. The maximum absolute atomic E-state index is 13.3. The van der Waals surface area contributed by atoms with Crippen LogP contribution in [0.1, 0.15) is 61.0 Å². The SMILES string of the molecule is CCOc1ccc(NC(=O)c2c(-c3cnc(N(C)C)s3)cc(C3CCCCC3)[nH]c2=O)cc1. The number of aromatic nitrogens is 2. The van der Waals surface area contributed by atoms with Gasteiger partial charge in [-0.05, 0) is 56.0 Å². The summed E-state index contributed by atoms with van der Waals surface area (Å²) in [4.78, 5) is 36.7. The van der Waals surface area contributed by atoms with Crippen molar-refractivity contribution in [3.05, 3.63) is 58.1 Å². The number of rotatable bonds is 7. The number of amides is 1. The zero-order valence-electron chi connectivity index (χ0n) is 19.3. The van der Waals surface area contributed by atoms with Crippen LogP contribution in [-0.2, 0) is 0 Å². The molecule has 1 aromatic carbocycles. The minimum Gasteiger partial charge on any atom is -0.494 e. The van der Waals surface area contributed by atoms with Crippen molar-refractivity contribution >= 4 is 28.1 Å². The fourth-order valence-electron chi connectivity index (χ4n) is 4.22. The van der Waals surface area contributed by atoms with Gasteiger partial charge < -0.3 is 19.9 Å². The topological polar surface area (TPSA) is 87.3 Å². The summed E-state index contributed by atoms with van der Waals surface area (Å²) in [5.74, 6) is 0.604. The second-order valence-corrected chi connectivity index (χ2v) is 9.50. The average molecular weight is 467 g/mol. The third-order valence-electron chi connectivity index (χ3n) is 5.89. The molecule has 2 N–H and O–H groups in total. The van der Waals surface area contributed by atoms with E-state index in [1.165, 1.54) is 17.8 Å². The van der Waals surface area contributed by atoms with Crippen molar-refractivity contribution in [3.63, 3.8) is 0 Å². The smallest absolute Gasteiger partial charge is 0.261 e. The number of thiazole rings is 1. The summed E-state index contributed by atoms with van der Waals surface area (Å²) in [7, 11) is 3.85. The third-order valence-corrected chi connectivity index (χ3v) is 7.09. The van der Waals surface area contributed by atoms with Crippen molar-refractivity contribution in [2.24, 2.45) is 0 Å². The number of hydrogen-bond donors (Lipinski definition) is 2. The zero-order valence-corrected chi connectivity index (χ0v) is 20.1. The molecule has 2 heterocycles. The van der Waals surface area contributed by atoms with E-state index in [1.54, 1.807) is 30.5 Å². The van der Waals surface area contributed by atoms with Gasteiger partial charge in [0.05, 0.1) is 11.5 Å². The summed E-state index contributed by atoms with van der Waals surface area (Å²) in [6, 6.07) is 9.11. The molecule has 0 atom stereocenters. The van der Waals surface area contributed by atoms with E-state index in [9.17, 15) is 9.59 Å². The Balaban J connectivity index is 1.71. The normalized spacial score (nSPS) is 14.2. The standard InChI is InChI=1S/C25H30N4O3S/c1-4-32-18-12-10-17(11-13-18)27-23(30)22-19(21-15-26-25(33-21)29(2)3)14-20(28-24(22)31)16-8-6-5-7-9-16/h10-16H,4-9H2,1-3H3,(H,27,30)(H,28,31). The molecule has 0 aliphatic heterocycles. The number of hydrogen-bond acceptors (Lipinski definition) is 6. The van der Waals surface area contributed by atoms with Gasteiger partial charge in [0.1, 0.15) is 11.3 Å². The number of nitrogens with one attached hydrogen (secondary N) is 2. The van der Waals surface area contributed by atoms with Crippen LogP contribution < -0.4 is 20.5 Å². The molecule has 1 fully saturated rings.